The summed E-state index contributed by atoms with van der Waals surface area (Å²) < 4.78 is 11.2. The van der Waals surface area contributed by atoms with Crippen molar-refractivity contribution in [2.45, 2.75) is 51.2 Å². The van der Waals surface area contributed by atoms with Crippen LogP contribution in [0.25, 0.3) is 0 Å². The lowest BCUT2D eigenvalue weighted by molar-refractivity contribution is -0.459. The van der Waals surface area contributed by atoms with Gasteiger partial charge in [-0.25, -0.2) is 0 Å². The summed E-state index contributed by atoms with van der Waals surface area (Å²) in [5.74, 6) is -0.591. The van der Waals surface area contributed by atoms with Crippen LogP contribution in [0, 0.1) is 0 Å². The molecule has 1 unspecified atom stereocenters. The van der Waals surface area contributed by atoms with Gasteiger partial charge >= 0.3 is 11.9 Å². The fraction of sp³-hybridized carbons (Fsp3) is 0.444. The second kappa shape index (κ2) is 14.7. The minimum atomic E-state index is -1.34. The number of anilines is 1. The molecule has 0 saturated heterocycles. The van der Waals surface area contributed by atoms with E-state index in [9.17, 15) is 14.7 Å². The lowest BCUT2D eigenvalue weighted by Crippen LogP contribution is -2.78. The van der Waals surface area contributed by atoms with Crippen molar-refractivity contribution < 1.29 is 34.3 Å². The van der Waals surface area contributed by atoms with Crippen LogP contribution in [0.3, 0.4) is 0 Å². The molecule has 38 heavy (non-hydrogen) atoms. The molecule has 1 aliphatic rings. The second-order valence-electron chi connectivity index (χ2n) is 9.42. The van der Waals surface area contributed by atoms with Gasteiger partial charge in [0.25, 0.3) is 0 Å². The van der Waals surface area contributed by atoms with E-state index < -0.39 is 23.6 Å². The minimum absolute atomic E-state index is 0.138. The van der Waals surface area contributed by atoms with Crippen molar-refractivity contribution in [2.75, 3.05) is 31.1 Å². The van der Waals surface area contributed by atoms with Gasteiger partial charge in [-0.1, -0.05) is 24.3 Å². The molecule has 11 heteroatoms. The molecule has 0 aromatic heterocycles. The van der Waals surface area contributed by atoms with Gasteiger partial charge in [-0.15, -0.1) is 0 Å². The fourth-order valence-corrected chi connectivity index (χ4v) is 3.67. The van der Waals surface area contributed by atoms with Crippen LogP contribution in [0.15, 0.2) is 48.5 Å². The number of carbonyl (C=O) groups excluding carboxylic acids is 1. The number of nitrogens with one attached hydrogen (secondary N) is 1. The monoisotopic (exact) mass is 529 g/mol. The van der Waals surface area contributed by atoms with Gasteiger partial charge < -0.3 is 35.1 Å². The molecule has 8 N–H and O–H groups in total. The van der Waals surface area contributed by atoms with E-state index >= 15 is 0 Å². The second-order valence-corrected chi connectivity index (χ2v) is 9.42. The number of nitrogens with two attached hydrogens (primary N) is 3. The zero-order chi connectivity index (χ0) is 28.1. The van der Waals surface area contributed by atoms with Gasteiger partial charge in [-0.05, 0) is 69.4 Å². The van der Waals surface area contributed by atoms with E-state index in [-0.39, 0.29) is 5.96 Å². The van der Waals surface area contributed by atoms with Gasteiger partial charge in [0.05, 0.1) is 24.7 Å². The van der Waals surface area contributed by atoms with Crippen molar-refractivity contribution in [1.29, 1.82) is 0 Å². The Kier molecular flexibility index (Phi) is 11.7. The number of nitrogens with zero attached hydrogens (tertiary/aromatic N) is 1. The highest BCUT2D eigenvalue weighted by Crippen LogP contribution is 2.31. The van der Waals surface area contributed by atoms with E-state index in [1.165, 1.54) is 19.4 Å². The van der Waals surface area contributed by atoms with Gasteiger partial charge in [0.15, 0.2) is 0 Å². The molecule has 1 aliphatic heterocycles. The van der Waals surface area contributed by atoms with E-state index in [1.807, 2.05) is 42.5 Å². The van der Waals surface area contributed by atoms with Crippen LogP contribution < -0.4 is 41.7 Å². The smallest absolute Gasteiger partial charge is 0.338 e. The third-order valence-corrected chi connectivity index (χ3v) is 5.84. The molecule has 0 saturated carbocycles. The van der Waals surface area contributed by atoms with Gasteiger partial charge in [-0.2, -0.15) is 0 Å². The highest BCUT2D eigenvalue weighted by Gasteiger charge is 2.21. The summed E-state index contributed by atoms with van der Waals surface area (Å²) in [6, 6.07) is 14.9. The number of aliphatic carboxylic acids is 2. The summed E-state index contributed by atoms with van der Waals surface area (Å²) in [5.41, 5.74) is 16.5. The summed E-state index contributed by atoms with van der Waals surface area (Å²) in [4.78, 5) is 26.3. The molecule has 2 aromatic rings. The van der Waals surface area contributed by atoms with Crippen LogP contribution >= 0.6 is 0 Å². The summed E-state index contributed by atoms with van der Waals surface area (Å²) in [6.45, 7) is 6.10. The van der Waals surface area contributed by atoms with Gasteiger partial charge in [0.2, 0.25) is 0 Å². The molecule has 2 aromatic carbocycles. The Bertz CT molecular complexity index is 1070. The number of ether oxygens (including phenoxy) is 2. The number of hydrogen-bond acceptors (Lipinski definition) is 7. The highest BCUT2D eigenvalue weighted by atomic mass is 16.5. The molecule has 0 aliphatic carbocycles. The highest BCUT2D eigenvalue weighted by molar-refractivity contribution is 5.74. The molecular formula is C27H39N5O6. The number of carboxylic acid groups (broad SMARTS) is 2. The first-order valence-corrected chi connectivity index (χ1v) is 12.6. The van der Waals surface area contributed by atoms with Crippen molar-refractivity contribution in [3.63, 3.8) is 0 Å². The number of hydrogen-bond donors (Lipinski definition) is 5. The lowest BCUT2D eigenvalue weighted by Gasteiger charge is -2.31. The van der Waals surface area contributed by atoms with Gasteiger partial charge in [-0.3, -0.25) is 21.3 Å². The van der Waals surface area contributed by atoms with E-state index in [4.69, 9.17) is 31.8 Å². The van der Waals surface area contributed by atoms with Crippen LogP contribution in [-0.2, 0) is 16.0 Å². The number of benzene rings is 2. The number of guanidine groups is 1. The summed E-state index contributed by atoms with van der Waals surface area (Å²) in [6.07, 6.45) is 3.02. The third-order valence-electron chi connectivity index (χ3n) is 5.84. The first-order chi connectivity index (χ1) is 18.0. The first-order valence-electron chi connectivity index (χ1n) is 12.6. The van der Waals surface area contributed by atoms with Crippen LogP contribution in [-0.4, -0.2) is 60.9 Å². The Morgan fingerprint density at radius 3 is 2.47 bits per heavy atom. The molecule has 0 fully saturated rings. The van der Waals surface area contributed by atoms with E-state index in [0.29, 0.717) is 25.1 Å². The molecule has 11 nitrogen and oxygen atoms in total. The number of para-hydroxylation sites is 2. The normalized spacial score (nSPS) is 13.2. The summed E-state index contributed by atoms with van der Waals surface area (Å²) >= 11 is 0. The standard InChI is InChI=1S/C21H25NO4.C6H14N4O2/c1-21(2,20(23)24)26-17-11-9-16(10-12-17)6-5-13-22-14-15-25-19-8-4-3-7-18(19)22;7-4(5(11)12)2-1-3-10-6(8)9/h3-4,7-12H,5-6,13-15H2,1-2H3,(H,23,24);4H,1-3,7H2,(H,11,12)(H4,8,9,10). The van der Waals surface area contributed by atoms with E-state index in [2.05, 4.69) is 16.0 Å². The molecule has 1 atom stereocenters. The minimum Gasteiger partial charge on any atom is -0.546 e. The van der Waals surface area contributed by atoms with Crippen LogP contribution in [0.1, 0.15) is 38.7 Å². The van der Waals surface area contributed by atoms with Crippen LogP contribution in [0.4, 0.5) is 5.69 Å². The summed E-state index contributed by atoms with van der Waals surface area (Å²) in [5, 5.41) is 19.4. The largest absolute Gasteiger partial charge is 0.546 e. The predicted octanol–water partition coefficient (Wildman–Crippen LogP) is -1.04. The van der Waals surface area contributed by atoms with Crippen molar-refractivity contribution in [3.8, 4) is 11.5 Å². The number of carboxylic acids is 2. The SMILES string of the molecule is CC(C)(Oc1ccc(CCCN2CCOc3ccccc32)cc1)C(=O)[O-].NC(N)=[NH+]CCCC(N)C(=O)O. The van der Waals surface area contributed by atoms with E-state index in [0.717, 1.165) is 44.0 Å². The maximum atomic E-state index is 11.0. The Labute approximate surface area is 223 Å². The molecule has 1 heterocycles. The maximum Gasteiger partial charge on any atom is 0.338 e. The van der Waals surface area contributed by atoms with Crippen LogP contribution in [0.2, 0.25) is 0 Å². The molecular weight excluding hydrogens is 490 g/mol. The predicted molar refractivity (Wildman–Crippen MR) is 143 cm³/mol. The molecule has 0 spiro atoms. The number of carbonyl (C=O) groups is 2. The van der Waals surface area contributed by atoms with E-state index in [1.54, 1.807) is 0 Å². The quantitative estimate of drug-likeness (QED) is 0.129. The lowest BCUT2D eigenvalue weighted by atomic mass is 10.1. The van der Waals surface area contributed by atoms with Crippen LogP contribution in [0.5, 0.6) is 11.5 Å². The first kappa shape index (κ1) is 30.2. The number of fused-ring (bicyclic) bond motifs is 1. The molecule has 0 radical (unpaired) electrons. The average molecular weight is 530 g/mol. The van der Waals surface area contributed by atoms with Crippen molar-refractivity contribution in [2.24, 2.45) is 17.2 Å². The third kappa shape index (κ3) is 10.2. The Balaban J connectivity index is 0.000000358. The number of aryl methyl sites for hydroxylation is 1. The Hall–Kier alpha value is -3.99. The molecule has 0 bridgehead atoms. The van der Waals surface area contributed by atoms with Crippen molar-refractivity contribution in [3.05, 3.63) is 54.1 Å². The molecule has 0 amide bonds. The van der Waals surface area contributed by atoms with Gasteiger partial charge in [0.1, 0.15) is 29.7 Å². The molecule has 3 rings (SSSR count). The van der Waals surface area contributed by atoms with Crippen molar-refractivity contribution in [1.82, 2.24) is 0 Å². The maximum absolute atomic E-state index is 11.0. The fourth-order valence-electron chi connectivity index (χ4n) is 3.67. The Morgan fingerprint density at radius 2 is 1.84 bits per heavy atom. The summed E-state index contributed by atoms with van der Waals surface area (Å²) in [7, 11) is 0. The zero-order valence-electron chi connectivity index (χ0n) is 22.0. The van der Waals surface area contributed by atoms with Crippen molar-refractivity contribution >= 4 is 23.6 Å². The molecule has 208 valence electrons. The topological polar surface area (TPSA) is 191 Å². The number of rotatable bonds is 12. The zero-order valence-corrected chi connectivity index (χ0v) is 22.0. The average Bonchev–Trinajstić information content (AvgIpc) is 2.87. The van der Waals surface area contributed by atoms with Gasteiger partial charge in [0, 0.05) is 6.54 Å². The Morgan fingerprint density at radius 1 is 1.16 bits per heavy atom.